The number of aryl methyl sites for hydroxylation is 1. The second kappa shape index (κ2) is 8.59. The van der Waals surface area contributed by atoms with E-state index in [1.165, 1.54) is 15.8 Å². The van der Waals surface area contributed by atoms with Crippen molar-refractivity contribution < 1.29 is 23.9 Å². The van der Waals surface area contributed by atoms with Crippen LogP contribution in [0, 0.1) is 0 Å². The van der Waals surface area contributed by atoms with Crippen molar-refractivity contribution in [2.24, 2.45) is 0 Å². The van der Waals surface area contributed by atoms with Crippen LogP contribution in [0.25, 0.3) is 5.69 Å². The summed E-state index contributed by atoms with van der Waals surface area (Å²) in [6.45, 7) is 0.948. The Morgan fingerprint density at radius 2 is 1.94 bits per heavy atom. The molecule has 36 heavy (non-hydrogen) atoms. The molecule has 4 heterocycles. The van der Waals surface area contributed by atoms with Gasteiger partial charge in [-0.15, -0.1) is 5.10 Å². The Bertz CT molecular complexity index is 1430. The summed E-state index contributed by atoms with van der Waals surface area (Å²) < 4.78 is 7.09. The SMILES string of the molecule is O=C1CCC(N2Cc3ccc(-n4cc(C(=O)Nc5ccc6c(c5)OCCC6)nn4)cc3C2=O)C(=O)N1. The van der Waals surface area contributed by atoms with E-state index in [-0.39, 0.29) is 30.5 Å². The molecule has 1 aromatic heterocycles. The van der Waals surface area contributed by atoms with Crippen LogP contribution in [-0.4, -0.2) is 56.2 Å². The summed E-state index contributed by atoms with van der Waals surface area (Å²) in [5.74, 6) is -0.706. The lowest BCUT2D eigenvalue weighted by Gasteiger charge is -2.29. The maximum atomic E-state index is 13.1. The van der Waals surface area contributed by atoms with Gasteiger partial charge in [0.05, 0.1) is 18.5 Å². The highest BCUT2D eigenvalue weighted by molar-refractivity contribution is 6.05. The predicted molar refractivity (Wildman–Crippen MR) is 126 cm³/mol. The van der Waals surface area contributed by atoms with Gasteiger partial charge in [-0.2, -0.15) is 0 Å². The number of ether oxygens (including phenoxy) is 1. The number of carbonyl (C=O) groups is 4. The van der Waals surface area contributed by atoms with Crippen molar-refractivity contribution in [3.05, 3.63) is 65.0 Å². The average Bonchev–Trinajstić information content (AvgIpc) is 3.49. The van der Waals surface area contributed by atoms with Crippen molar-refractivity contribution in [1.29, 1.82) is 0 Å². The minimum absolute atomic E-state index is 0.116. The van der Waals surface area contributed by atoms with Crippen LogP contribution in [0.4, 0.5) is 5.69 Å². The summed E-state index contributed by atoms with van der Waals surface area (Å²) in [6, 6.07) is 10.1. The number of fused-ring (bicyclic) bond motifs is 2. The minimum Gasteiger partial charge on any atom is -0.493 e. The van der Waals surface area contributed by atoms with E-state index in [0.29, 0.717) is 30.0 Å². The van der Waals surface area contributed by atoms with Crippen LogP contribution in [0.5, 0.6) is 5.75 Å². The van der Waals surface area contributed by atoms with Gasteiger partial charge in [-0.1, -0.05) is 17.3 Å². The number of piperidine rings is 1. The molecule has 1 saturated heterocycles. The highest BCUT2D eigenvalue weighted by atomic mass is 16.5. The van der Waals surface area contributed by atoms with E-state index >= 15 is 0 Å². The molecular weight excluding hydrogens is 464 g/mol. The molecule has 1 unspecified atom stereocenters. The number of anilines is 1. The van der Waals surface area contributed by atoms with E-state index in [1.54, 1.807) is 24.3 Å². The molecule has 0 saturated carbocycles. The molecule has 2 N–H and O–H groups in total. The van der Waals surface area contributed by atoms with Crippen LogP contribution < -0.4 is 15.4 Å². The van der Waals surface area contributed by atoms with Gasteiger partial charge in [0.2, 0.25) is 11.8 Å². The van der Waals surface area contributed by atoms with Crippen LogP contribution in [0.2, 0.25) is 0 Å². The van der Waals surface area contributed by atoms with Crippen molar-refractivity contribution in [1.82, 2.24) is 25.2 Å². The molecule has 1 fully saturated rings. The summed E-state index contributed by atoms with van der Waals surface area (Å²) in [5, 5.41) is 13.1. The molecule has 0 spiro atoms. The molecule has 3 aliphatic rings. The van der Waals surface area contributed by atoms with E-state index in [9.17, 15) is 19.2 Å². The number of amides is 4. The summed E-state index contributed by atoms with van der Waals surface area (Å²) >= 11 is 0. The zero-order valence-electron chi connectivity index (χ0n) is 19.2. The maximum Gasteiger partial charge on any atom is 0.277 e. The first-order valence-electron chi connectivity index (χ1n) is 11.7. The van der Waals surface area contributed by atoms with Crippen molar-refractivity contribution >= 4 is 29.3 Å². The van der Waals surface area contributed by atoms with Gasteiger partial charge in [0.25, 0.3) is 11.8 Å². The Balaban J connectivity index is 1.18. The number of hydrogen-bond acceptors (Lipinski definition) is 7. The Morgan fingerprint density at radius 1 is 1.08 bits per heavy atom. The predicted octanol–water partition coefficient (Wildman–Crippen LogP) is 1.61. The zero-order chi connectivity index (χ0) is 24.8. The molecule has 0 bridgehead atoms. The number of aromatic nitrogens is 3. The molecule has 6 rings (SSSR count). The van der Waals surface area contributed by atoms with Gasteiger partial charge in [0.15, 0.2) is 5.69 Å². The monoisotopic (exact) mass is 486 g/mol. The fourth-order valence-electron chi connectivity index (χ4n) is 4.79. The van der Waals surface area contributed by atoms with Gasteiger partial charge in [-0.3, -0.25) is 24.5 Å². The zero-order valence-corrected chi connectivity index (χ0v) is 19.2. The first-order chi connectivity index (χ1) is 17.5. The lowest BCUT2D eigenvalue weighted by Crippen LogP contribution is -2.52. The molecule has 11 nitrogen and oxygen atoms in total. The van der Waals surface area contributed by atoms with Crippen LogP contribution in [0.3, 0.4) is 0 Å². The molecule has 0 aliphatic carbocycles. The normalized spacial score (nSPS) is 18.8. The van der Waals surface area contributed by atoms with Crippen molar-refractivity contribution in [3.8, 4) is 11.4 Å². The van der Waals surface area contributed by atoms with Gasteiger partial charge in [0.1, 0.15) is 11.8 Å². The molecule has 3 aliphatic heterocycles. The third kappa shape index (κ3) is 3.88. The maximum absolute atomic E-state index is 13.1. The Labute approximate surface area is 205 Å². The van der Waals surface area contributed by atoms with Crippen LogP contribution in [0.1, 0.15) is 51.2 Å². The van der Waals surface area contributed by atoms with E-state index in [4.69, 9.17) is 4.74 Å². The molecule has 0 radical (unpaired) electrons. The first-order valence-corrected chi connectivity index (χ1v) is 11.7. The van der Waals surface area contributed by atoms with Crippen molar-refractivity contribution in [2.75, 3.05) is 11.9 Å². The standard InChI is InChI=1S/C25H22N6O5/c32-22-8-7-20(24(34)27-22)30-12-15-4-6-17(11-18(15)25(30)35)31-13-19(28-29-31)23(33)26-16-5-3-14-2-1-9-36-21(14)10-16/h3-6,10-11,13,20H,1-2,7-9,12H2,(H,26,33)(H,27,32,34). The molecular formula is C25H22N6O5. The minimum atomic E-state index is -0.679. The number of carbonyl (C=O) groups excluding carboxylic acids is 4. The van der Waals surface area contributed by atoms with Gasteiger partial charge >= 0.3 is 0 Å². The van der Waals surface area contributed by atoms with Gasteiger partial charge in [-0.05, 0) is 48.6 Å². The van der Waals surface area contributed by atoms with E-state index in [2.05, 4.69) is 20.9 Å². The Hall–Kier alpha value is -4.54. The van der Waals surface area contributed by atoms with E-state index in [0.717, 1.165) is 29.7 Å². The Morgan fingerprint density at radius 3 is 2.81 bits per heavy atom. The summed E-state index contributed by atoms with van der Waals surface area (Å²) in [5.41, 5.74) is 3.62. The fraction of sp³-hybridized carbons (Fsp3) is 0.280. The second-order valence-electron chi connectivity index (χ2n) is 9.02. The highest BCUT2D eigenvalue weighted by Crippen LogP contribution is 2.30. The van der Waals surface area contributed by atoms with Crippen LogP contribution in [-0.2, 0) is 22.6 Å². The van der Waals surface area contributed by atoms with Crippen LogP contribution in [0.15, 0.2) is 42.6 Å². The number of benzene rings is 2. The van der Waals surface area contributed by atoms with Gasteiger partial charge in [0, 0.05) is 30.3 Å². The smallest absolute Gasteiger partial charge is 0.277 e. The fourth-order valence-corrected chi connectivity index (χ4v) is 4.79. The molecule has 4 amide bonds. The van der Waals surface area contributed by atoms with Gasteiger partial charge in [-0.25, -0.2) is 4.68 Å². The van der Waals surface area contributed by atoms with Crippen LogP contribution >= 0.6 is 0 Å². The quantitative estimate of drug-likeness (QED) is 0.535. The largest absolute Gasteiger partial charge is 0.493 e. The molecule has 11 heteroatoms. The van der Waals surface area contributed by atoms with E-state index < -0.39 is 17.9 Å². The molecule has 182 valence electrons. The van der Waals surface area contributed by atoms with Crippen molar-refractivity contribution in [2.45, 2.75) is 38.3 Å². The summed E-state index contributed by atoms with van der Waals surface area (Å²) in [7, 11) is 0. The summed E-state index contributed by atoms with van der Waals surface area (Å²) in [6.07, 6.45) is 3.92. The molecule has 3 aromatic rings. The Kier molecular flexibility index (Phi) is 5.24. The number of hydrogen-bond donors (Lipinski definition) is 2. The lowest BCUT2D eigenvalue weighted by atomic mass is 10.0. The third-order valence-corrected chi connectivity index (χ3v) is 6.68. The van der Waals surface area contributed by atoms with Crippen molar-refractivity contribution in [3.63, 3.8) is 0 Å². The lowest BCUT2D eigenvalue weighted by molar-refractivity contribution is -0.136. The summed E-state index contributed by atoms with van der Waals surface area (Å²) in [4.78, 5) is 51.0. The number of nitrogens with zero attached hydrogens (tertiary/aromatic N) is 4. The molecule has 1 atom stereocenters. The first kappa shape index (κ1) is 22.0. The van der Waals surface area contributed by atoms with Gasteiger partial charge < -0.3 is 15.0 Å². The number of imide groups is 1. The second-order valence-corrected chi connectivity index (χ2v) is 9.02. The third-order valence-electron chi connectivity index (χ3n) is 6.68. The number of rotatable bonds is 4. The number of nitrogens with one attached hydrogen (secondary N) is 2. The topological polar surface area (TPSA) is 136 Å². The highest BCUT2D eigenvalue weighted by Gasteiger charge is 2.39. The average molecular weight is 486 g/mol. The molecule has 2 aromatic carbocycles. The van der Waals surface area contributed by atoms with E-state index in [1.807, 2.05) is 12.1 Å².